The van der Waals surface area contributed by atoms with E-state index in [0.717, 1.165) is 11.1 Å². The number of hydrogen-bond acceptors (Lipinski definition) is 4. The predicted molar refractivity (Wildman–Crippen MR) is 90.7 cm³/mol. The first-order chi connectivity index (χ1) is 11.5. The van der Waals surface area contributed by atoms with Crippen molar-refractivity contribution in [1.29, 1.82) is 0 Å². The fraction of sp³-hybridized carbons (Fsp3) is 0.235. The smallest absolute Gasteiger partial charge is 0.304 e. The molecule has 0 aliphatic heterocycles. The average molecular weight is 371 g/mol. The van der Waals surface area contributed by atoms with Gasteiger partial charge in [-0.15, -0.1) is 0 Å². The SMILES string of the molecule is O=C(Cl)[C@H](F)CP(=O)(OCc1ccccc1)OCc1ccccc1. The lowest BCUT2D eigenvalue weighted by molar-refractivity contribution is -0.115. The summed E-state index contributed by atoms with van der Waals surface area (Å²) in [6.45, 7) is -0.0355. The molecule has 0 bridgehead atoms. The molecule has 0 fully saturated rings. The van der Waals surface area contributed by atoms with Gasteiger partial charge in [0, 0.05) is 0 Å². The van der Waals surface area contributed by atoms with Crippen LogP contribution in [0.2, 0.25) is 0 Å². The lowest BCUT2D eigenvalue weighted by Gasteiger charge is -2.19. The summed E-state index contributed by atoms with van der Waals surface area (Å²) in [5, 5.41) is -1.22. The molecular weight excluding hydrogens is 354 g/mol. The van der Waals surface area contributed by atoms with Crippen LogP contribution in [-0.2, 0) is 31.6 Å². The van der Waals surface area contributed by atoms with Crippen molar-refractivity contribution in [3.05, 3.63) is 71.8 Å². The highest BCUT2D eigenvalue weighted by Gasteiger charge is 2.32. The fourth-order valence-electron chi connectivity index (χ4n) is 1.91. The number of hydrogen-bond donors (Lipinski definition) is 0. The van der Waals surface area contributed by atoms with Gasteiger partial charge in [0.1, 0.15) is 0 Å². The van der Waals surface area contributed by atoms with Crippen LogP contribution in [0.15, 0.2) is 60.7 Å². The van der Waals surface area contributed by atoms with Crippen molar-refractivity contribution in [1.82, 2.24) is 0 Å². The Morgan fingerprint density at radius 3 is 1.75 bits per heavy atom. The minimum atomic E-state index is -3.84. The van der Waals surface area contributed by atoms with Gasteiger partial charge in [-0.05, 0) is 22.7 Å². The molecule has 0 amide bonds. The fourth-order valence-corrected chi connectivity index (χ4v) is 3.63. The molecule has 0 unspecified atom stereocenters. The molecule has 0 spiro atoms. The van der Waals surface area contributed by atoms with E-state index in [2.05, 4.69) is 0 Å². The van der Waals surface area contributed by atoms with Crippen molar-refractivity contribution >= 4 is 24.4 Å². The molecule has 1 atom stereocenters. The van der Waals surface area contributed by atoms with Crippen molar-refractivity contribution in [2.24, 2.45) is 0 Å². The van der Waals surface area contributed by atoms with E-state index < -0.39 is 25.2 Å². The van der Waals surface area contributed by atoms with Crippen LogP contribution in [0, 0.1) is 0 Å². The molecule has 0 aliphatic rings. The molecule has 0 N–H and O–H groups in total. The van der Waals surface area contributed by atoms with Crippen LogP contribution >= 0.6 is 19.2 Å². The Kier molecular flexibility index (Phi) is 7.13. The Balaban J connectivity index is 2.05. The van der Waals surface area contributed by atoms with Gasteiger partial charge in [-0.3, -0.25) is 9.36 Å². The van der Waals surface area contributed by atoms with Crippen LogP contribution in [0.4, 0.5) is 4.39 Å². The van der Waals surface area contributed by atoms with Gasteiger partial charge in [0.05, 0.1) is 19.4 Å². The Bertz CT molecular complexity index is 649. The summed E-state index contributed by atoms with van der Waals surface area (Å²) in [6, 6.07) is 18.0. The van der Waals surface area contributed by atoms with E-state index in [9.17, 15) is 13.8 Å². The Hall–Kier alpha value is -1.52. The van der Waals surface area contributed by atoms with Crippen LogP contribution in [0.3, 0.4) is 0 Å². The van der Waals surface area contributed by atoms with Crippen LogP contribution < -0.4 is 0 Å². The van der Waals surface area contributed by atoms with Gasteiger partial charge in [-0.2, -0.15) is 0 Å². The van der Waals surface area contributed by atoms with Crippen molar-refractivity contribution in [3.8, 4) is 0 Å². The van der Waals surface area contributed by atoms with E-state index in [1.54, 1.807) is 48.5 Å². The third-order valence-electron chi connectivity index (χ3n) is 3.17. The van der Waals surface area contributed by atoms with Gasteiger partial charge >= 0.3 is 7.60 Å². The van der Waals surface area contributed by atoms with Crippen molar-refractivity contribution in [3.63, 3.8) is 0 Å². The highest BCUT2D eigenvalue weighted by Crippen LogP contribution is 2.50. The number of rotatable bonds is 9. The quantitative estimate of drug-likeness (QED) is 0.473. The maximum absolute atomic E-state index is 13.7. The number of alkyl halides is 1. The summed E-state index contributed by atoms with van der Waals surface area (Å²) < 4.78 is 37.1. The van der Waals surface area contributed by atoms with Crippen LogP contribution in [0.25, 0.3) is 0 Å². The first-order valence-electron chi connectivity index (χ1n) is 7.28. The van der Waals surface area contributed by atoms with Gasteiger partial charge < -0.3 is 9.05 Å². The number of benzene rings is 2. The average Bonchev–Trinajstić information content (AvgIpc) is 2.60. The minimum Gasteiger partial charge on any atom is -0.304 e. The molecule has 4 nitrogen and oxygen atoms in total. The monoisotopic (exact) mass is 370 g/mol. The molecule has 0 radical (unpaired) electrons. The maximum Gasteiger partial charge on any atom is 0.334 e. The second-order valence-electron chi connectivity index (χ2n) is 5.08. The van der Waals surface area contributed by atoms with E-state index in [0.29, 0.717) is 0 Å². The zero-order chi connectivity index (χ0) is 17.4. The highest BCUT2D eigenvalue weighted by molar-refractivity contribution is 7.53. The number of carbonyl (C=O) groups excluding carboxylic acids is 1. The van der Waals surface area contributed by atoms with E-state index in [1.165, 1.54) is 0 Å². The molecule has 2 rings (SSSR count). The van der Waals surface area contributed by atoms with E-state index in [4.69, 9.17) is 20.6 Å². The normalized spacial score (nSPS) is 12.8. The van der Waals surface area contributed by atoms with Gasteiger partial charge in [0.25, 0.3) is 5.24 Å². The molecular formula is C17H17ClFO4P. The van der Waals surface area contributed by atoms with Gasteiger partial charge in [-0.1, -0.05) is 60.7 Å². The summed E-state index contributed by atoms with van der Waals surface area (Å²) >= 11 is 5.12. The first kappa shape index (κ1) is 18.8. The predicted octanol–water partition coefficient (Wildman–Crippen LogP) is 4.72. The third kappa shape index (κ3) is 6.17. The standard InChI is InChI=1S/C17H17ClFO4P/c18-17(20)16(19)13-24(21,22-11-14-7-3-1-4-8-14)23-12-15-9-5-2-6-10-15/h1-10,16H,11-13H2/t16-/m1/s1. The molecule has 2 aromatic carbocycles. The Morgan fingerprint density at radius 1 is 0.958 bits per heavy atom. The third-order valence-corrected chi connectivity index (χ3v) is 5.22. The van der Waals surface area contributed by atoms with Gasteiger partial charge in [-0.25, -0.2) is 4.39 Å². The molecule has 0 heterocycles. The molecule has 0 saturated carbocycles. The summed E-state index contributed by atoms with van der Waals surface area (Å²) in [6.07, 6.45) is -2.82. The van der Waals surface area contributed by atoms with E-state index >= 15 is 0 Å². The first-order valence-corrected chi connectivity index (χ1v) is 9.38. The Morgan fingerprint density at radius 2 is 1.38 bits per heavy atom. The second-order valence-corrected chi connectivity index (χ2v) is 7.56. The summed E-state index contributed by atoms with van der Waals surface area (Å²) in [7, 11) is -3.84. The van der Waals surface area contributed by atoms with E-state index in [-0.39, 0.29) is 13.2 Å². The molecule has 2 aromatic rings. The van der Waals surface area contributed by atoms with Crippen LogP contribution in [-0.4, -0.2) is 17.6 Å². The largest absolute Gasteiger partial charge is 0.334 e. The van der Waals surface area contributed by atoms with Crippen LogP contribution in [0.5, 0.6) is 0 Å². The second kappa shape index (κ2) is 9.09. The zero-order valence-corrected chi connectivity index (χ0v) is 14.5. The molecule has 0 aliphatic carbocycles. The zero-order valence-electron chi connectivity index (χ0n) is 12.8. The molecule has 0 saturated heterocycles. The molecule has 24 heavy (non-hydrogen) atoms. The molecule has 7 heteroatoms. The number of halogens is 2. The van der Waals surface area contributed by atoms with Crippen LogP contribution in [0.1, 0.15) is 11.1 Å². The Labute approximate surface area is 145 Å². The maximum atomic E-state index is 13.7. The lowest BCUT2D eigenvalue weighted by atomic mass is 10.2. The summed E-state index contributed by atoms with van der Waals surface area (Å²) in [5.41, 5.74) is 1.52. The van der Waals surface area contributed by atoms with Gasteiger partial charge in [0.15, 0.2) is 6.17 Å². The number of carbonyl (C=O) groups is 1. The highest BCUT2D eigenvalue weighted by atomic mass is 35.5. The van der Waals surface area contributed by atoms with E-state index in [1.807, 2.05) is 12.1 Å². The van der Waals surface area contributed by atoms with Crippen molar-refractivity contribution in [2.75, 3.05) is 6.16 Å². The molecule has 128 valence electrons. The summed E-state index contributed by atoms with van der Waals surface area (Å²) in [4.78, 5) is 10.9. The summed E-state index contributed by atoms with van der Waals surface area (Å²) in [5.74, 6) is 0. The minimum absolute atomic E-state index is 0.0178. The van der Waals surface area contributed by atoms with Crippen molar-refractivity contribution < 1.29 is 22.8 Å². The topological polar surface area (TPSA) is 52.6 Å². The molecule has 0 aromatic heterocycles. The lowest BCUT2D eigenvalue weighted by Crippen LogP contribution is -2.17. The van der Waals surface area contributed by atoms with Crippen molar-refractivity contribution in [2.45, 2.75) is 19.4 Å². The van der Waals surface area contributed by atoms with Gasteiger partial charge in [0.2, 0.25) is 0 Å².